The molecular formula is C29H37NO2. The van der Waals surface area contributed by atoms with Crippen molar-refractivity contribution in [1.82, 2.24) is 0 Å². The van der Waals surface area contributed by atoms with Crippen LogP contribution in [-0.4, -0.2) is 12.2 Å². The summed E-state index contributed by atoms with van der Waals surface area (Å²) < 4.78 is 0. The highest BCUT2D eigenvalue weighted by atomic mass is 16.1. The molecule has 0 atom stereocenters. The highest BCUT2D eigenvalue weighted by Gasteiger charge is 2.01. The van der Waals surface area contributed by atoms with Crippen molar-refractivity contribution in [2.24, 2.45) is 0 Å². The molecule has 0 radical (unpaired) electrons. The molecule has 3 nitrogen and oxygen atoms in total. The van der Waals surface area contributed by atoms with Crippen molar-refractivity contribution in [3.63, 3.8) is 0 Å². The van der Waals surface area contributed by atoms with Crippen LogP contribution in [0.15, 0.2) is 97.2 Å². The van der Waals surface area contributed by atoms with Crippen molar-refractivity contribution in [1.29, 1.82) is 0 Å². The van der Waals surface area contributed by atoms with Crippen LogP contribution in [0.3, 0.4) is 0 Å². The molecule has 0 spiro atoms. The summed E-state index contributed by atoms with van der Waals surface area (Å²) in [5.41, 5.74) is 1.21. The Kier molecular flexibility index (Phi) is 16.6. The van der Waals surface area contributed by atoms with Gasteiger partial charge in [-0.15, -0.1) is 0 Å². The lowest BCUT2D eigenvalue weighted by Crippen LogP contribution is -2.10. The molecule has 1 aromatic rings. The van der Waals surface area contributed by atoms with Gasteiger partial charge < -0.3 is 5.32 Å². The van der Waals surface area contributed by atoms with Gasteiger partial charge in [0.25, 0.3) is 0 Å². The first-order valence-corrected chi connectivity index (χ1v) is 11.5. The topological polar surface area (TPSA) is 46.2 Å². The molecule has 0 fully saturated rings. The van der Waals surface area contributed by atoms with E-state index in [1.165, 1.54) is 0 Å². The number of benzene rings is 1. The van der Waals surface area contributed by atoms with E-state index < -0.39 is 0 Å². The van der Waals surface area contributed by atoms with Gasteiger partial charge in [0.1, 0.15) is 6.29 Å². The zero-order valence-corrected chi connectivity index (χ0v) is 19.3. The van der Waals surface area contributed by atoms with Crippen molar-refractivity contribution in [3.05, 3.63) is 103 Å². The predicted octanol–water partition coefficient (Wildman–Crippen LogP) is 7.92. The van der Waals surface area contributed by atoms with Crippen LogP contribution < -0.4 is 5.32 Å². The van der Waals surface area contributed by atoms with E-state index in [9.17, 15) is 9.59 Å². The SMILES string of the molecule is CC/C=C\C/C=C\C/C=C\C/C=C\C/C=C\C/C=C\CCC(=O)Nc1cccc(C=O)c1. The summed E-state index contributed by atoms with van der Waals surface area (Å²) in [5, 5.41) is 2.81. The molecule has 0 aliphatic rings. The van der Waals surface area contributed by atoms with Crippen LogP contribution in [0.25, 0.3) is 0 Å². The number of hydrogen-bond donors (Lipinski definition) is 1. The average Bonchev–Trinajstić information content (AvgIpc) is 2.80. The van der Waals surface area contributed by atoms with E-state index in [4.69, 9.17) is 0 Å². The van der Waals surface area contributed by atoms with Gasteiger partial charge in [0.15, 0.2) is 0 Å². The highest BCUT2D eigenvalue weighted by Crippen LogP contribution is 2.10. The monoisotopic (exact) mass is 431 g/mol. The molecule has 170 valence electrons. The van der Waals surface area contributed by atoms with E-state index in [1.54, 1.807) is 24.3 Å². The fraction of sp³-hybridized carbons (Fsp3) is 0.310. The first kappa shape index (κ1) is 26.8. The van der Waals surface area contributed by atoms with Gasteiger partial charge in [0.2, 0.25) is 5.91 Å². The van der Waals surface area contributed by atoms with E-state index >= 15 is 0 Å². The second-order valence-corrected chi connectivity index (χ2v) is 7.25. The standard InChI is InChI=1S/C29H37NO2/c1-2-3-4-5-6-7-8-9-10-11-12-13-14-15-16-17-18-19-20-24-29(32)30-28-23-21-22-27(25-28)26-31/h3-4,6-7,9-10,12-13,15-16,18-19,21-23,25-26H,2,5,8,11,14,17,20,24H2,1H3,(H,30,32)/b4-3-,7-6-,10-9-,13-12-,16-15-,19-18-. The Morgan fingerprint density at radius 1 is 0.750 bits per heavy atom. The first-order valence-electron chi connectivity index (χ1n) is 11.5. The van der Waals surface area contributed by atoms with Gasteiger partial charge in [-0.1, -0.05) is 92.0 Å². The van der Waals surface area contributed by atoms with E-state index in [0.717, 1.165) is 44.8 Å². The van der Waals surface area contributed by atoms with E-state index in [0.29, 0.717) is 24.1 Å². The predicted molar refractivity (Wildman–Crippen MR) is 138 cm³/mol. The second kappa shape index (κ2) is 19.7. The lowest BCUT2D eigenvalue weighted by atomic mass is 10.2. The Labute approximate surface area is 194 Å². The molecule has 1 N–H and O–H groups in total. The molecule has 3 heteroatoms. The van der Waals surface area contributed by atoms with Gasteiger partial charge in [-0.25, -0.2) is 0 Å². The maximum absolute atomic E-state index is 11.9. The molecular weight excluding hydrogens is 394 g/mol. The van der Waals surface area contributed by atoms with Crippen molar-refractivity contribution < 1.29 is 9.59 Å². The van der Waals surface area contributed by atoms with Crippen molar-refractivity contribution in [2.75, 3.05) is 5.32 Å². The molecule has 1 amide bonds. The van der Waals surface area contributed by atoms with E-state index in [2.05, 4.69) is 79.1 Å². The second-order valence-electron chi connectivity index (χ2n) is 7.25. The Balaban J connectivity index is 2.04. The van der Waals surface area contributed by atoms with Crippen molar-refractivity contribution in [3.8, 4) is 0 Å². The number of carbonyl (C=O) groups excluding carboxylic acids is 2. The number of anilines is 1. The van der Waals surface area contributed by atoms with E-state index in [-0.39, 0.29) is 5.91 Å². The Morgan fingerprint density at radius 2 is 1.25 bits per heavy atom. The Morgan fingerprint density at radius 3 is 1.75 bits per heavy atom. The minimum absolute atomic E-state index is 0.0485. The van der Waals surface area contributed by atoms with Crippen LogP contribution >= 0.6 is 0 Å². The largest absolute Gasteiger partial charge is 0.326 e. The number of carbonyl (C=O) groups is 2. The van der Waals surface area contributed by atoms with Gasteiger partial charge in [0.05, 0.1) is 0 Å². The zero-order chi connectivity index (χ0) is 23.1. The molecule has 32 heavy (non-hydrogen) atoms. The average molecular weight is 432 g/mol. The molecule has 0 heterocycles. The summed E-state index contributed by atoms with van der Waals surface area (Å²) in [7, 11) is 0. The Hall–Kier alpha value is -3.20. The van der Waals surface area contributed by atoms with Crippen molar-refractivity contribution in [2.45, 2.75) is 58.3 Å². The summed E-state index contributed by atoms with van der Waals surface area (Å²) in [5.74, 6) is -0.0485. The molecule has 0 saturated heterocycles. The van der Waals surface area contributed by atoms with Gasteiger partial charge in [-0.3, -0.25) is 9.59 Å². The number of aldehydes is 1. The van der Waals surface area contributed by atoms with Gasteiger partial charge in [-0.05, 0) is 57.1 Å². The van der Waals surface area contributed by atoms with Crippen LogP contribution in [0.1, 0.15) is 68.6 Å². The summed E-state index contributed by atoms with van der Waals surface area (Å²) in [6, 6.07) is 6.91. The smallest absolute Gasteiger partial charge is 0.224 e. The fourth-order valence-electron chi connectivity index (χ4n) is 2.77. The summed E-state index contributed by atoms with van der Waals surface area (Å²) in [6.07, 6.45) is 33.8. The maximum atomic E-state index is 11.9. The van der Waals surface area contributed by atoms with Crippen molar-refractivity contribution >= 4 is 17.9 Å². The molecule has 0 bridgehead atoms. The number of hydrogen-bond acceptors (Lipinski definition) is 2. The van der Waals surface area contributed by atoms with Crippen LogP contribution in [0.4, 0.5) is 5.69 Å². The fourth-order valence-corrected chi connectivity index (χ4v) is 2.77. The summed E-state index contributed by atoms with van der Waals surface area (Å²) in [6.45, 7) is 2.15. The molecule has 0 saturated carbocycles. The van der Waals surface area contributed by atoms with Crippen LogP contribution in [0.2, 0.25) is 0 Å². The number of allylic oxidation sites excluding steroid dienone is 12. The van der Waals surface area contributed by atoms with Gasteiger partial charge in [0, 0.05) is 17.7 Å². The van der Waals surface area contributed by atoms with Gasteiger partial charge >= 0.3 is 0 Å². The molecule has 0 aliphatic carbocycles. The van der Waals surface area contributed by atoms with Crippen LogP contribution in [-0.2, 0) is 4.79 Å². The van der Waals surface area contributed by atoms with Crippen LogP contribution in [0.5, 0.6) is 0 Å². The Bertz CT molecular complexity index is 825. The first-order chi connectivity index (χ1) is 15.8. The summed E-state index contributed by atoms with van der Waals surface area (Å²) in [4.78, 5) is 22.7. The minimum Gasteiger partial charge on any atom is -0.326 e. The normalized spacial score (nSPS) is 12.4. The third-order valence-electron chi connectivity index (χ3n) is 4.44. The molecule has 0 aromatic heterocycles. The molecule has 1 aromatic carbocycles. The quantitative estimate of drug-likeness (QED) is 0.213. The molecule has 0 unspecified atom stereocenters. The minimum atomic E-state index is -0.0485. The third-order valence-corrected chi connectivity index (χ3v) is 4.44. The highest BCUT2D eigenvalue weighted by molar-refractivity contribution is 5.91. The number of amides is 1. The maximum Gasteiger partial charge on any atom is 0.224 e. The molecule has 0 aliphatic heterocycles. The van der Waals surface area contributed by atoms with E-state index in [1.807, 2.05) is 6.08 Å². The number of nitrogens with one attached hydrogen (secondary N) is 1. The van der Waals surface area contributed by atoms with Gasteiger partial charge in [-0.2, -0.15) is 0 Å². The third kappa shape index (κ3) is 15.6. The summed E-state index contributed by atoms with van der Waals surface area (Å²) >= 11 is 0. The molecule has 1 rings (SSSR count). The van der Waals surface area contributed by atoms with Crippen LogP contribution in [0, 0.1) is 0 Å². The lowest BCUT2D eigenvalue weighted by Gasteiger charge is -2.04. The lowest BCUT2D eigenvalue weighted by molar-refractivity contribution is -0.116. The zero-order valence-electron chi connectivity index (χ0n) is 19.3. The number of rotatable bonds is 16.